The van der Waals surface area contributed by atoms with E-state index in [4.69, 9.17) is 22.1 Å². The number of nitrogen functional groups attached to an aromatic ring is 1. The number of aryl methyl sites for hydroxylation is 1. The molecule has 0 aliphatic carbocycles. The average Bonchev–Trinajstić information content (AvgIpc) is 2.47. The fourth-order valence-electron chi connectivity index (χ4n) is 2.33. The van der Waals surface area contributed by atoms with E-state index in [2.05, 4.69) is 5.32 Å². The van der Waals surface area contributed by atoms with Gasteiger partial charge in [0.2, 0.25) is 5.91 Å². The van der Waals surface area contributed by atoms with Crippen LogP contribution < -0.4 is 15.8 Å². The van der Waals surface area contributed by atoms with Crippen molar-refractivity contribution in [3.63, 3.8) is 0 Å². The van der Waals surface area contributed by atoms with E-state index in [9.17, 15) is 4.79 Å². The third kappa shape index (κ3) is 2.95. The lowest BCUT2D eigenvalue weighted by Crippen LogP contribution is -2.18. The van der Waals surface area contributed by atoms with Crippen LogP contribution in [-0.4, -0.2) is 5.91 Å². The molecule has 0 radical (unpaired) electrons. The minimum Gasteiger partial charge on any atom is -0.489 e. The van der Waals surface area contributed by atoms with E-state index in [1.165, 1.54) is 0 Å². The second-order valence-electron chi connectivity index (χ2n) is 4.96. The number of benzene rings is 2. The van der Waals surface area contributed by atoms with Gasteiger partial charge in [0.15, 0.2) is 0 Å². The van der Waals surface area contributed by atoms with E-state index in [1.54, 1.807) is 12.1 Å². The van der Waals surface area contributed by atoms with Crippen LogP contribution in [0.5, 0.6) is 5.75 Å². The number of nitrogens with two attached hydrogens (primary N) is 1. The molecule has 3 N–H and O–H groups in total. The first-order valence-electron chi connectivity index (χ1n) is 6.72. The predicted molar refractivity (Wildman–Crippen MR) is 83.6 cm³/mol. The number of carbonyl (C=O) groups is 1. The maximum atomic E-state index is 11.3. The number of anilines is 2. The largest absolute Gasteiger partial charge is 0.489 e. The van der Waals surface area contributed by atoms with Gasteiger partial charge in [-0.15, -0.1) is 0 Å². The smallest absolute Gasteiger partial charge is 0.224 e. The normalized spacial score (nSPS) is 13.5. The molecule has 5 heteroatoms. The summed E-state index contributed by atoms with van der Waals surface area (Å²) in [5, 5.41) is 3.44. The summed E-state index contributed by atoms with van der Waals surface area (Å²) in [6, 6.07) is 11.0. The molecule has 0 saturated carbocycles. The first-order valence-corrected chi connectivity index (χ1v) is 7.10. The van der Waals surface area contributed by atoms with Crippen molar-refractivity contribution in [2.45, 2.75) is 19.4 Å². The highest BCUT2D eigenvalue weighted by atomic mass is 35.5. The predicted octanol–water partition coefficient (Wildman–Crippen LogP) is 3.39. The van der Waals surface area contributed by atoms with Crippen LogP contribution in [-0.2, 0) is 17.8 Å². The lowest BCUT2D eigenvalue weighted by molar-refractivity contribution is -0.116. The molecule has 2 aromatic rings. The molecule has 4 nitrogen and oxygen atoms in total. The van der Waals surface area contributed by atoms with Gasteiger partial charge in [-0.2, -0.15) is 0 Å². The van der Waals surface area contributed by atoms with E-state index >= 15 is 0 Å². The molecule has 1 aliphatic heterocycles. The Morgan fingerprint density at radius 2 is 2.10 bits per heavy atom. The van der Waals surface area contributed by atoms with Crippen LogP contribution in [0.15, 0.2) is 36.4 Å². The molecule has 0 spiro atoms. The molecule has 0 aromatic heterocycles. The molecule has 0 atom stereocenters. The van der Waals surface area contributed by atoms with Gasteiger partial charge < -0.3 is 15.8 Å². The Kier molecular flexibility index (Phi) is 3.71. The van der Waals surface area contributed by atoms with Crippen molar-refractivity contribution in [1.29, 1.82) is 0 Å². The number of fused-ring (bicyclic) bond motifs is 1. The van der Waals surface area contributed by atoms with Crippen LogP contribution in [0.25, 0.3) is 0 Å². The molecule has 3 rings (SSSR count). The Hall–Kier alpha value is -2.20. The maximum Gasteiger partial charge on any atom is 0.224 e. The lowest BCUT2D eigenvalue weighted by atomic mass is 10.0. The summed E-state index contributed by atoms with van der Waals surface area (Å²) in [4.78, 5) is 11.3. The van der Waals surface area contributed by atoms with Crippen LogP contribution >= 0.6 is 11.6 Å². The number of nitrogens with one attached hydrogen (secondary N) is 1. The third-order valence-electron chi connectivity index (χ3n) is 3.51. The van der Waals surface area contributed by atoms with Crippen LogP contribution in [0.3, 0.4) is 0 Å². The van der Waals surface area contributed by atoms with Gasteiger partial charge in [0, 0.05) is 28.4 Å². The van der Waals surface area contributed by atoms with Gasteiger partial charge in [0.05, 0.1) is 0 Å². The van der Waals surface area contributed by atoms with Gasteiger partial charge in [0.25, 0.3) is 0 Å². The Bertz CT molecular complexity index is 680. The highest BCUT2D eigenvalue weighted by molar-refractivity contribution is 6.31. The van der Waals surface area contributed by atoms with Gasteiger partial charge in [-0.05, 0) is 42.3 Å². The Labute approximate surface area is 127 Å². The van der Waals surface area contributed by atoms with Crippen LogP contribution in [0.2, 0.25) is 5.02 Å². The van der Waals surface area contributed by atoms with Crippen LogP contribution in [0, 0.1) is 0 Å². The Morgan fingerprint density at radius 3 is 2.90 bits per heavy atom. The number of ether oxygens (including phenoxy) is 1. The summed E-state index contributed by atoms with van der Waals surface area (Å²) < 4.78 is 5.77. The standard InChI is InChI=1S/C16H15ClN2O2/c17-13-2-1-3-14(18)12(13)9-21-11-5-6-15-10(8-11)4-7-16(20)19-15/h1-3,5-6,8H,4,7,9,18H2,(H,19,20). The minimum atomic E-state index is 0.0556. The zero-order chi connectivity index (χ0) is 14.8. The van der Waals surface area contributed by atoms with Gasteiger partial charge in [-0.3, -0.25) is 4.79 Å². The first kappa shape index (κ1) is 13.8. The molecule has 0 bridgehead atoms. The molecule has 21 heavy (non-hydrogen) atoms. The van der Waals surface area contributed by atoms with E-state index in [1.807, 2.05) is 24.3 Å². The van der Waals surface area contributed by atoms with Crippen molar-refractivity contribution in [3.8, 4) is 5.75 Å². The van der Waals surface area contributed by atoms with E-state index in [0.717, 1.165) is 29.0 Å². The number of hydrogen-bond donors (Lipinski definition) is 2. The molecule has 1 amide bonds. The zero-order valence-corrected chi connectivity index (χ0v) is 12.1. The zero-order valence-electron chi connectivity index (χ0n) is 11.4. The number of halogens is 1. The van der Waals surface area contributed by atoms with E-state index < -0.39 is 0 Å². The molecule has 2 aromatic carbocycles. The Balaban J connectivity index is 1.76. The average molecular weight is 303 g/mol. The van der Waals surface area contributed by atoms with Crippen molar-refractivity contribution in [2.75, 3.05) is 11.1 Å². The summed E-state index contributed by atoms with van der Waals surface area (Å²) >= 11 is 6.12. The summed E-state index contributed by atoms with van der Waals surface area (Å²) in [6.45, 7) is 0.316. The van der Waals surface area contributed by atoms with Crippen molar-refractivity contribution in [1.82, 2.24) is 0 Å². The monoisotopic (exact) mass is 302 g/mol. The number of rotatable bonds is 3. The van der Waals surface area contributed by atoms with Gasteiger partial charge in [-0.25, -0.2) is 0 Å². The summed E-state index contributed by atoms with van der Waals surface area (Å²) in [7, 11) is 0. The van der Waals surface area contributed by atoms with Gasteiger partial charge in [-0.1, -0.05) is 17.7 Å². The molecule has 1 aliphatic rings. The second-order valence-corrected chi connectivity index (χ2v) is 5.37. The van der Waals surface area contributed by atoms with Gasteiger partial charge >= 0.3 is 0 Å². The van der Waals surface area contributed by atoms with E-state index in [0.29, 0.717) is 23.7 Å². The first-order chi connectivity index (χ1) is 10.1. The molecule has 1 heterocycles. The summed E-state index contributed by atoms with van der Waals surface area (Å²) in [6.07, 6.45) is 1.24. The molecular weight excluding hydrogens is 288 g/mol. The molecule has 0 saturated heterocycles. The van der Waals surface area contributed by atoms with Crippen LogP contribution in [0.4, 0.5) is 11.4 Å². The SMILES string of the molecule is Nc1cccc(Cl)c1COc1ccc2c(c1)CCC(=O)N2. The van der Waals surface area contributed by atoms with Crippen LogP contribution in [0.1, 0.15) is 17.5 Å². The summed E-state index contributed by atoms with van der Waals surface area (Å²) in [5.74, 6) is 0.796. The topological polar surface area (TPSA) is 64.3 Å². The maximum absolute atomic E-state index is 11.3. The van der Waals surface area contributed by atoms with Gasteiger partial charge in [0.1, 0.15) is 12.4 Å². The highest BCUT2D eigenvalue weighted by Crippen LogP contribution is 2.28. The third-order valence-corrected chi connectivity index (χ3v) is 3.86. The van der Waals surface area contributed by atoms with Crippen molar-refractivity contribution in [2.24, 2.45) is 0 Å². The van der Waals surface area contributed by atoms with Crippen molar-refractivity contribution >= 4 is 28.9 Å². The molecule has 0 fully saturated rings. The molecule has 0 unspecified atom stereocenters. The quantitative estimate of drug-likeness (QED) is 0.854. The van der Waals surface area contributed by atoms with Crippen molar-refractivity contribution in [3.05, 3.63) is 52.5 Å². The molecule has 108 valence electrons. The summed E-state index contributed by atoms with van der Waals surface area (Å²) in [5.41, 5.74) is 9.24. The number of carbonyl (C=O) groups excluding carboxylic acids is 1. The highest BCUT2D eigenvalue weighted by Gasteiger charge is 2.15. The fourth-order valence-corrected chi connectivity index (χ4v) is 2.57. The van der Waals surface area contributed by atoms with Crippen molar-refractivity contribution < 1.29 is 9.53 Å². The Morgan fingerprint density at radius 1 is 1.24 bits per heavy atom. The number of amides is 1. The lowest BCUT2D eigenvalue weighted by Gasteiger charge is -2.18. The van der Waals surface area contributed by atoms with E-state index in [-0.39, 0.29) is 5.91 Å². The molecular formula is C16H15ClN2O2. The second kappa shape index (κ2) is 5.66. The fraction of sp³-hybridized carbons (Fsp3) is 0.188. The minimum absolute atomic E-state index is 0.0556. The number of hydrogen-bond acceptors (Lipinski definition) is 3.